The van der Waals surface area contributed by atoms with Gasteiger partial charge < -0.3 is 10.6 Å². The summed E-state index contributed by atoms with van der Waals surface area (Å²) in [4.78, 5) is 19.0. The van der Waals surface area contributed by atoms with E-state index in [0.717, 1.165) is 5.69 Å². The molecule has 0 aromatic carbocycles. The van der Waals surface area contributed by atoms with Gasteiger partial charge in [-0.05, 0) is 6.92 Å². The summed E-state index contributed by atoms with van der Waals surface area (Å²) in [5.74, 6) is -0.00334. The average molecular weight is 194 g/mol. The number of amides is 1. The lowest BCUT2D eigenvalue weighted by Gasteiger charge is -2.03. The molecule has 0 radical (unpaired) electrons. The number of hydrogen-bond acceptors (Lipinski definition) is 4. The third kappa shape index (κ3) is 3.95. The highest BCUT2D eigenvalue weighted by Gasteiger charge is 1.98. The van der Waals surface area contributed by atoms with Crippen molar-refractivity contribution in [2.24, 2.45) is 0 Å². The summed E-state index contributed by atoms with van der Waals surface area (Å²) < 4.78 is 0. The second-order valence-electron chi connectivity index (χ2n) is 2.75. The van der Waals surface area contributed by atoms with Crippen molar-refractivity contribution in [1.82, 2.24) is 20.6 Å². The molecule has 0 aliphatic heterocycles. The number of carbonyl (C=O) groups is 1. The van der Waals surface area contributed by atoms with E-state index in [0.29, 0.717) is 19.6 Å². The smallest absolute Gasteiger partial charge is 0.233 e. The summed E-state index contributed by atoms with van der Waals surface area (Å²) in [5.41, 5.74) is 0.830. The molecule has 0 unspecified atom stereocenters. The highest BCUT2D eigenvalue weighted by Crippen LogP contribution is 1.87. The van der Waals surface area contributed by atoms with Gasteiger partial charge >= 0.3 is 0 Å². The Morgan fingerprint density at radius 2 is 2.36 bits per heavy atom. The summed E-state index contributed by atoms with van der Waals surface area (Å²) in [6, 6.07) is 0. The third-order valence-electron chi connectivity index (χ3n) is 1.58. The van der Waals surface area contributed by atoms with Crippen LogP contribution in [-0.4, -0.2) is 29.0 Å². The fraction of sp³-hybridized carbons (Fsp3) is 0.444. The van der Waals surface area contributed by atoms with Crippen LogP contribution in [0.1, 0.15) is 12.6 Å². The topological polar surface area (TPSA) is 66.9 Å². The molecule has 0 atom stereocenters. The van der Waals surface area contributed by atoms with Crippen LogP contribution < -0.4 is 10.6 Å². The summed E-state index contributed by atoms with van der Waals surface area (Å²) in [7, 11) is 0. The molecule has 1 amide bonds. The summed E-state index contributed by atoms with van der Waals surface area (Å²) in [6.45, 7) is 3.42. The van der Waals surface area contributed by atoms with Crippen molar-refractivity contribution in [3.8, 4) is 0 Å². The molecule has 1 aromatic rings. The second kappa shape index (κ2) is 6.04. The van der Waals surface area contributed by atoms with Crippen LogP contribution >= 0.6 is 0 Å². The number of carbonyl (C=O) groups excluding carboxylic acids is 1. The molecular formula is C9H14N4O. The largest absolute Gasteiger partial charge is 0.355 e. The molecule has 0 fully saturated rings. The average Bonchev–Trinajstić information content (AvgIpc) is 2.20. The first-order valence-corrected chi connectivity index (χ1v) is 4.55. The monoisotopic (exact) mass is 194 g/mol. The maximum Gasteiger partial charge on any atom is 0.233 e. The van der Waals surface area contributed by atoms with E-state index in [9.17, 15) is 4.79 Å². The van der Waals surface area contributed by atoms with Crippen LogP contribution in [0, 0.1) is 0 Å². The highest BCUT2D eigenvalue weighted by molar-refractivity contribution is 5.77. The van der Waals surface area contributed by atoms with Gasteiger partial charge in [0.15, 0.2) is 0 Å². The Labute approximate surface area is 83.0 Å². The molecule has 1 aromatic heterocycles. The maximum atomic E-state index is 11.0. The van der Waals surface area contributed by atoms with Crippen LogP contribution in [0.2, 0.25) is 0 Å². The Morgan fingerprint density at radius 3 is 3.00 bits per heavy atom. The van der Waals surface area contributed by atoms with E-state index in [2.05, 4.69) is 20.6 Å². The van der Waals surface area contributed by atoms with Crippen LogP contribution in [0.4, 0.5) is 0 Å². The van der Waals surface area contributed by atoms with Crippen LogP contribution in [0.3, 0.4) is 0 Å². The van der Waals surface area contributed by atoms with Crippen LogP contribution in [-0.2, 0) is 11.3 Å². The molecule has 14 heavy (non-hydrogen) atoms. The lowest BCUT2D eigenvalue weighted by molar-refractivity contribution is -0.120. The molecule has 76 valence electrons. The van der Waals surface area contributed by atoms with Crippen LogP contribution in [0.5, 0.6) is 0 Å². The van der Waals surface area contributed by atoms with Crippen molar-refractivity contribution in [3.63, 3.8) is 0 Å². The molecule has 0 spiro atoms. The predicted molar refractivity (Wildman–Crippen MR) is 52.4 cm³/mol. The molecule has 0 saturated carbocycles. The third-order valence-corrected chi connectivity index (χ3v) is 1.58. The molecule has 5 heteroatoms. The number of nitrogens with one attached hydrogen (secondary N) is 2. The normalized spacial score (nSPS) is 9.79. The van der Waals surface area contributed by atoms with E-state index in [1.807, 2.05) is 6.92 Å². The van der Waals surface area contributed by atoms with E-state index in [-0.39, 0.29) is 5.91 Å². The number of rotatable bonds is 5. The van der Waals surface area contributed by atoms with E-state index >= 15 is 0 Å². The number of aromatic nitrogens is 2. The summed E-state index contributed by atoms with van der Waals surface area (Å²) >= 11 is 0. The van der Waals surface area contributed by atoms with Gasteiger partial charge in [-0.3, -0.25) is 14.8 Å². The van der Waals surface area contributed by atoms with Crippen LogP contribution in [0.25, 0.3) is 0 Å². The van der Waals surface area contributed by atoms with Crippen molar-refractivity contribution in [2.45, 2.75) is 13.5 Å². The van der Waals surface area contributed by atoms with Crippen molar-refractivity contribution in [2.75, 3.05) is 13.1 Å². The molecule has 0 bridgehead atoms. The predicted octanol–water partition coefficient (Wildman–Crippen LogP) is -0.298. The molecule has 0 aliphatic rings. The van der Waals surface area contributed by atoms with Crippen molar-refractivity contribution < 1.29 is 4.79 Å². The maximum absolute atomic E-state index is 11.0. The minimum absolute atomic E-state index is 0.00334. The first-order chi connectivity index (χ1) is 6.83. The first-order valence-electron chi connectivity index (χ1n) is 4.55. The van der Waals surface area contributed by atoms with Crippen molar-refractivity contribution in [1.29, 1.82) is 0 Å². The molecule has 0 saturated heterocycles. The quantitative estimate of drug-likeness (QED) is 0.675. The van der Waals surface area contributed by atoms with Gasteiger partial charge in [-0.2, -0.15) is 0 Å². The first kappa shape index (κ1) is 10.6. The highest BCUT2D eigenvalue weighted by atomic mass is 16.1. The van der Waals surface area contributed by atoms with Crippen LogP contribution in [0.15, 0.2) is 18.6 Å². The Balaban J connectivity index is 2.19. The standard InChI is InChI=1S/C9H14N4O/c1-2-12-9(14)7-11-6-8-5-10-3-4-13-8/h3-5,11H,2,6-7H2,1H3,(H,12,14). The zero-order valence-electron chi connectivity index (χ0n) is 8.16. The lowest BCUT2D eigenvalue weighted by Crippen LogP contribution is -2.33. The van der Waals surface area contributed by atoms with Crippen molar-refractivity contribution >= 4 is 5.91 Å². The van der Waals surface area contributed by atoms with Crippen molar-refractivity contribution in [3.05, 3.63) is 24.3 Å². The Morgan fingerprint density at radius 1 is 1.50 bits per heavy atom. The summed E-state index contributed by atoms with van der Waals surface area (Å²) in [5, 5.41) is 5.67. The van der Waals surface area contributed by atoms with E-state index in [1.165, 1.54) is 0 Å². The van der Waals surface area contributed by atoms with E-state index in [1.54, 1.807) is 18.6 Å². The fourth-order valence-electron chi connectivity index (χ4n) is 0.985. The van der Waals surface area contributed by atoms with E-state index in [4.69, 9.17) is 0 Å². The van der Waals surface area contributed by atoms with Gasteiger partial charge in [-0.25, -0.2) is 0 Å². The zero-order valence-corrected chi connectivity index (χ0v) is 8.16. The summed E-state index contributed by atoms with van der Waals surface area (Å²) in [6.07, 6.45) is 4.92. The zero-order chi connectivity index (χ0) is 10.2. The molecule has 2 N–H and O–H groups in total. The minimum atomic E-state index is -0.00334. The van der Waals surface area contributed by atoms with Gasteiger partial charge in [0.05, 0.1) is 12.2 Å². The van der Waals surface area contributed by atoms with Gasteiger partial charge in [-0.1, -0.05) is 0 Å². The number of hydrogen-bond donors (Lipinski definition) is 2. The van der Waals surface area contributed by atoms with Gasteiger partial charge in [0.2, 0.25) is 5.91 Å². The molecular weight excluding hydrogens is 180 g/mol. The molecule has 0 aliphatic carbocycles. The second-order valence-corrected chi connectivity index (χ2v) is 2.75. The fourth-order valence-corrected chi connectivity index (χ4v) is 0.985. The SMILES string of the molecule is CCNC(=O)CNCc1cnccn1. The van der Waals surface area contributed by atoms with Gasteiger partial charge in [0.1, 0.15) is 0 Å². The van der Waals surface area contributed by atoms with E-state index < -0.39 is 0 Å². The molecule has 1 rings (SSSR count). The lowest BCUT2D eigenvalue weighted by atomic mass is 10.4. The minimum Gasteiger partial charge on any atom is -0.355 e. The Bertz CT molecular complexity index is 275. The Hall–Kier alpha value is -1.49. The Kier molecular flexibility index (Phi) is 4.57. The van der Waals surface area contributed by atoms with Gasteiger partial charge in [0, 0.05) is 31.7 Å². The molecule has 5 nitrogen and oxygen atoms in total. The van der Waals surface area contributed by atoms with Gasteiger partial charge in [-0.15, -0.1) is 0 Å². The molecule has 1 heterocycles. The number of nitrogens with zero attached hydrogens (tertiary/aromatic N) is 2. The van der Waals surface area contributed by atoms with Gasteiger partial charge in [0.25, 0.3) is 0 Å². The number of likely N-dealkylation sites (N-methyl/N-ethyl adjacent to an activating group) is 1.